The summed E-state index contributed by atoms with van der Waals surface area (Å²) in [5.41, 5.74) is 0. The summed E-state index contributed by atoms with van der Waals surface area (Å²) in [5, 5.41) is 0. The number of carbonyl (C=O) groups excluding carboxylic acids is 1. The molecule has 1 aromatic rings. The van der Waals surface area contributed by atoms with Gasteiger partial charge in [0.25, 0.3) is 16.1 Å². The first-order chi connectivity index (χ1) is 7.13. The highest BCUT2D eigenvalue weighted by molar-refractivity contribution is 7.90. The van der Waals surface area contributed by atoms with Crippen LogP contribution in [0.2, 0.25) is 0 Å². The van der Waals surface area contributed by atoms with Crippen LogP contribution in [0.3, 0.4) is 0 Å². The molecular weight excluding hydrogens is 222 g/mol. The summed E-state index contributed by atoms with van der Waals surface area (Å²) in [5.74, 6) is 0.779. The van der Waals surface area contributed by atoms with Crippen LogP contribution in [0.5, 0.6) is 11.5 Å². The van der Waals surface area contributed by atoms with Crippen LogP contribution in [0.15, 0.2) is 27.5 Å². The van der Waals surface area contributed by atoms with E-state index in [-0.39, 0.29) is 11.7 Å². The molecule has 0 unspecified atom stereocenters. The predicted octanol–water partition coefficient (Wildman–Crippen LogP) is 0.440. The van der Waals surface area contributed by atoms with Crippen molar-refractivity contribution in [2.75, 3.05) is 6.79 Å². The van der Waals surface area contributed by atoms with E-state index >= 15 is 0 Å². The van der Waals surface area contributed by atoms with E-state index in [1.807, 2.05) is 0 Å². The molecule has 15 heavy (non-hydrogen) atoms. The Bertz CT molecular complexity index is 544. The summed E-state index contributed by atoms with van der Waals surface area (Å²) in [7, 11) is -3.97. The third-order valence-corrected chi connectivity index (χ3v) is 2.96. The molecule has 1 heterocycles. The molecule has 7 heteroatoms. The molecule has 0 radical (unpaired) electrons. The molecule has 0 atom stereocenters. The van der Waals surface area contributed by atoms with Gasteiger partial charge in [0.15, 0.2) is 11.5 Å². The highest BCUT2D eigenvalue weighted by atomic mass is 32.2. The van der Waals surface area contributed by atoms with E-state index in [4.69, 9.17) is 9.47 Å². The number of benzene rings is 1. The van der Waals surface area contributed by atoms with Gasteiger partial charge in [0, 0.05) is 6.07 Å². The molecule has 0 saturated heterocycles. The highest BCUT2D eigenvalue weighted by Gasteiger charge is 2.19. The summed E-state index contributed by atoms with van der Waals surface area (Å²) >= 11 is 0. The van der Waals surface area contributed by atoms with E-state index in [1.54, 1.807) is 0 Å². The quantitative estimate of drug-likeness (QED) is 0.540. The lowest BCUT2D eigenvalue weighted by molar-refractivity contribution is 0.174. The third kappa shape index (κ3) is 1.70. The van der Waals surface area contributed by atoms with Crippen molar-refractivity contribution in [1.29, 1.82) is 0 Å². The van der Waals surface area contributed by atoms with Crippen LogP contribution in [0, 0.1) is 0 Å². The zero-order valence-electron chi connectivity index (χ0n) is 7.34. The van der Waals surface area contributed by atoms with Crippen LogP contribution in [0.1, 0.15) is 0 Å². The first kappa shape index (κ1) is 9.70. The van der Waals surface area contributed by atoms with Gasteiger partial charge in [0.1, 0.15) is 0 Å². The van der Waals surface area contributed by atoms with Gasteiger partial charge in [-0.3, -0.25) is 0 Å². The van der Waals surface area contributed by atoms with Crippen LogP contribution in [0.25, 0.3) is 0 Å². The number of nitrogens with zero attached hydrogens (tertiary/aromatic N) is 1. The standard InChI is InChI=1S/C8H5NO5S/c10-4-9-15(11,12)6-1-2-7-8(3-6)14-5-13-7/h1-3H,5H2. The zero-order valence-corrected chi connectivity index (χ0v) is 8.15. The van der Waals surface area contributed by atoms with Gasteiger partial charge < -0.3 is 9.47 Å². The van der Waals surface area contributed by atoms with Crippen molar-refractivity contribution in [3.63, 3.8) is 0 Å². The number of ether oxygens (including phenoxy) is 2. The molecule has 1 aliphatic rings. The minimum Gasteiger partial charge on any atom is -0.454 e. The average molecular weight is 227 g/mol. The van der Waals surface area contributed by atoms with E-state index in [1.165, 1.54) is 18.2 Å². The Hall–Kier alpha value is -1.85. The average Bonchev–Trinajstić information content (AvgIpc) is 2.63. The van der Waals surface area contributed by atoms with Gasteiger partial charge in [-0.2, -0.15) is 8.42 Å². The minimum atomic E-state index is -3.97. The molecular formula is C8H5NO5S. The van der Waals surface area contributed by atoms with Crippen molar-refractivity contribution >= 4 is 16.1 Å². The topological polar surface area (TPSA) is 82.0 Å². The maximum Gasteiger partial charge on any atom is 0.292 e. The fraction of sp³-hybridized carbons (Fsp3) is 0.125. The lowest BCUT2D eigenvalue weighted by Crippen LogP contribution is -1.96. The molecule has 0 spiro atoms. The predicted molar refractivity (Wildman–Crippen MR) is 47.9 cm³/mol. The maximum absolute atomic E-state index is 11.3. The molecule has 78 valence electrons. The van der Waals surface area contributed by atoms with Crippen molar-refractivity contribution in [1.82, 2.24) is 0 Å². The summed E-state index contributed by atoms with van der Waals surface area (Å²) in [6.45, 7) is 0.0514. The number of sulfonamides is 1. The zero-order chi connectivity index (χ0) is 10.9. The summed E-state index contributed by atoms with van der Waals surface area (Å²) in [6.07, 6.45) is 0.989. The Morgan fingerprint density at radius 2 is 2.00 bits per heavy atom. The number of hydrogen-bond donors (Lipinski definition) is 0. The Morgan fingerprint density at radius 3 is 2.73 bits per heavy atom. The number of rotatable bonds is 2. The SMILES string of the molecule is O=C=NS(=O)(=O)c1ccc2c(c1)OCO2. The number of hydrogen-bond acceptors (Lipinski definition) is 5. The molecule has 0 fully saturated rings. The molecule has 2 rings (SSSR count). The Balaban J connectivity index is 2.52. The largest absolute Gasteiger partial charge is 0.454 e. The molecule has 0 aromatic heterocycles. The molecule has 0 aliphatic carbocycles. The molecule has 0 bridgehead atoms. The van der Waals surface area contributed by atoms with Crippen molar-refractivity contribution < 1.29 is 22.7 Å². The monoisotopic (exact) mass is 227 g/mol. The normalized spacial score (nSPS) is 13.3. The lowest BCUT2D eigenvalue weighted by atomic mass is 10.3. The maximum atomic E-state index is 11.3. The second-order valence-corrected chi connectivity index (χ2v) is 4.28. The highest BCUT2D eigenvalue weighted by Crippen LogP contribution is 2.34. The Labute approximate surface area is 85.2 Å². The van der Waals surface area contributed by atoms with Crippen LogP contribution < -0.4 is 9.47 Å². The Morgan fingerprint density at radius 1 is 1.27 bits per heavy atom. The van der Waals surface area contributed by atoms with Crippen molar-refractivity contribution in [2.45, 2.75) is 4.90 Å². The second kappa shape index (κ2) is 3.38. The van der Waals surface area contributed by atoms with Gasteiger partial charge >= 0.3 is 0 Å². The summed E-state index contributed by atoms with van der Waals surface area (Å²) in [6, 6.07) is 3.97. The number of fused-ring (bicyclic) bond motifs is 1. The van der Waals surface area contributed by atoms with Gasteiger partial charge in [-0.25, -0.2) is 4.79 Å². The molecule has 1 aliphatic heterocycles. The van der Waals surface area contributed by atoms with Gasteiger partial charge in [0.2, 0.25) is 6.79 Å². The second-order valence-electron chi connectivity index (χ2n) is 2.67. The van der Waals surface area contributed by atoms with Gasteiger partial charge in [-0.05, 0) is 12.1 Å². The summed E-state index contributed by atoms with van der Waals surface area (Å²) in [4.78, 5) is 9.77. The fourth-order valence-corrected chi connectivity index (χ4v) is 1.84. The number of isocyanates is 1. The summed E-state index contributed by atoms with van der Waals surface area (Å²) < 4.78 is 35.3. The lowest BCUT2D eigenvalue weighted by Gasteiger charge is -1.98. The van der Waals surface area contributed by atoms with Gasteiger partial charge in [-0.15, -0.1) is 0 Å². The van der Waals surface area contributed by atoms with Crippen LogP contribution in [0.4, 0.5) is 0 Å². The van der Waals surface area contributed by atoms with E-state index in [2.05, 4.69) is 4.40 Å². The smallest absolute Gasteiger partial charge is 0.292 e. The third-order valence-electron chi connectivity index (χ3n) is 1.80. The molecule has 1 aromatic carbocycles. The van der Waals surface area contributed by atoms with Gasteiger partial charge in [0.05, 0.1) is 4.90 Å². The fourth-order valence-electron chi connectivity index (χ4n) is 1.14. The first-order valence-electron chi connectivity index (χ1n) is 3.87. The minimum absolute atomic E-state index is 0.0514. The Kier molecular flexibility index (Phi) is 2.18. The van der Waals surface area contributed by atoms with Crippen LogP contribution >= 0.6 is 0 Å². The van der Waals surface area contributed by atoms with E-state index in [0.29, 0.717) is 11.5 Å². The van der Waals surface area contributed by atoms with E-state index < -0.39 is 10.0 Å². The molecule has 6 nitrogen and oxygen atoms in total. The molecule has 0 saturated carbocycles. The van der Waals surface area contributed by atoms with Crippen molar-refractivity contribution in [2.24, 2.45) is 4.40 Å². The van der Waals surface area contributed by atoms with Crippen LogP contribution in [-0.2, 0) is 14.8 Å². The molecule has 0 amide bonds. The first-order valence-corrected chi connectivity index (χ1v) is 5.31. The van der Waals surface area contributed by atoms with Crippen molar-refractivity contribution in [3.05, 3.63) is 18.2 Å². The van der Waals surface area contributed by atoms with Crippen molar-refractivity contribution in [3.8, 4) is 11.5 Å². The van der Waals surface area contributed by atoms with Gasteiger partial charge in [-0.1, -0.05) is 4.40 Å². The molecule has 0 N–H and O–H groups in total. The van der Waals surface area contributed by atoms with E-state index in [0.717, 1.165) is 6.08 Å². The van der Waals surface area contributed by atoms with E-state index in [9.17, 15) is 13.2 Å². The van der Waals surface area contributed by atoms with Crippen LogP contribution in [-0.4, -0.2) is 21.3 Å².